The predicted octanol–water partition coefficient (Wildman–Crippen LogP) is 2.49. The van der Waals surface area contributed by atoms with Gasteiger partial charge in [0, 0.05) is 12.1 Å². The van der Waals surface area contributed by atoms with Crippen molar-refractivity contribution in [2.45, 2.75) is 4.90 Å². The molecule has 2 aromatic carbocycles. The number of hydrogen-bond donors (Lipinski definition) is 1. The van der Waals surface area contributed by atoms with Gasteiger partial charge in [-0.3, -0.25) is 4.79 Å². The van der Waals surface area contributed by atoms with E-state index in [0.29, 0.717) is 17.1 Å². The molecule has 0 spiro atoms. The third-order valence-corrected chi connectivity index (χ3v) is 6.27. The van der Waals surface area contributed by atoms with Gasteiger partial charge < -0.3 is 9.47 Å². The van der Waals surface area contributed by atoms with E-state index in [0.717, 1.165) is 4.31 Å². The summed E-state index contributed by atoms with van der Waals surface area (Å²) in [5, 5.41) is 4.05. The Bertz CT molecular complexity index is 1040. The molecule has 28 heavy (non-hydrogen) atoms. The zero-order valence-corrected chi connectivity index (χ0v) is 16.9. The molecule has 1 aliphatic heterocycles. The summed E-state index contributed by atoms with van der Waals surface area (Å²) in [5.41, 5.74) is 2.95. The minimum absolute atomic E-state index is 0.0116. The van der Waals surface area contributed by atoms with Gasteiger partial charge >= 0.3 is 0 Å². The van der Waals surface area contributed by atoms with Crippen LogP contribution in [0.5, 0.6) is 11.5 Å². The quantitative estimate of drug-likeness (QED) is 0.546. The highest BCUT2D eigenvalue weighted by molar-refractivity contribution is 7.89. The minimum Gasteiger partial charge on any atom is -0.454 e. The zero-order chi connectivity index (χ0) is 20.3. The molecule has 1 amide bonds. The third-order valence-electron chi connectivity index (χ3n) is 3.75. The van der Waals surface area contributed by atoms with Crippen molar-refractivity contribution >= 4 is 45.3 Å². The molecule has 3 rings (SSSR count). The number of hydrogen-bond acceptors (Lipinski definition) is 6. The molecule has 0 unspecified atom stereocenters. The van der Waals surface area contributed by atoms with Crippen LogP contribution < -0.4 is 14.9 Å². The van der Waals surface area contributed by atoms with E-state index < -0.39 is 22.5 Å². The van der Waals surface area contributed by atoms with Crippen molar-refractivity contribution in [3.05, 3.63) is 52.0 Å². The number of nitrogens with one attached hydrogen (secondary N) is 1. The van der Waals surface area contributed by atoms with E-state index in [1.165, 1.54) is 31.5 Å². The second-order valence-corrected chi connectivity index (χ2v) is 8.60. The summed E-state index contributed by atoms with van der Waals surface area (Å²) >= 11 is 11.8. The number of nitrogens with zero attached hydrogens (tertiary/aromatic N) is 2. The van der Waals surface area contributed by atoms with Gasteiger partial charge in [-0.25, -0.2) is 13.8 Å². The van der Waals surface area contributed by atoms with Gasteiger partial charge in [-0.15, -0.1) is 0 Å². The molecule has 0 saturated carbocycles. The highest BCUT2D eigenvalue weighted by Gasteiger charge is 2.25. The first-order valence-corrected chi connectivity index (χ1v) is 10.1. The van der Waals surface area contributed by atoms with Crippen LogP contribution >= 0.6 is 23.2 Å². The molecule has 0 bridgehead atoms. The van der Waals surface area contributed by atoms with Gasteiger partial charge in [0.25, 0.3) is 5.91 Å². The van der Waals surface area contributed by atoms with Gasteiger partial charge in [-0.2, -0.15) is 9.41 Å². The molecule has 1 heterocycles. The summed E-state index contributed by atoms with van der Waals surface area (Å²) in [6.45, 7) is -0.298. The number of carbonyl (C=O) groups is 1. The van der Waals surface area contributed by atoms with Crippen LogP contribution in [0.25, 0.3) is 0 Å². The number of sulfonamides is 1. The average molecular weight is 444 g/mol. The Labute approximate surface area is 171 Å². The molecule has 1 N–H and O–H groups in total. The Morgan fingerprint density at radius 3 is 2.75 bits per heavy atom. The van der Waals surface area contributed by atoms with Crippen LogP contribution in [0.3, 0.4) is 0 Å². The monoisotopic (exact) mass is 443 g/mol. The van der Waals surface area contributed by atoms with E-state index in [1.807, 2.05) is 0 Å². The Balaban J connectivity index is 1.61. The van der Waals surface area contributed by atoms with E-state index in [2.05, 4.69) is 10.5 Å². The molecule has 0 radical (unpaired) electrons. The van der Waals surface area contributed by atoms with Crippen molar-refractivity contribution in [2.24, 2.45) is 5.10 Å². The molecule has 2 aromatic rings. The van der Waals surface area contributed by atoms with Gasteiger partial charge in [0.2, 0.25) is 16.8 Å². The van der Waals surface area contributed by atoms with E-state index in [9.17, 15) is 13.2 Å². The number of likely N-dealkylation sites (N-methyl/N-ethyl adjacent to an activating group) is 1. The molecule has 11 heteroatoms. The standard InChI is InChI=1S/C17H15Cl2N3O5S/c1-22(28(24,25)16-7-12(18)3-4-13(16)19)9-17(23)21-20-8-11-2-5-14-15(6-11)27-10-26-14/h2-8H,9-10H2,1H3,(H,21,23)/b20-8-. The number of fused-ring (bicyclic) bond motifs is 1. The predicted molar refractivity (Wildman–Crippen MR) is 105 cm³/mol. The fourth-order valence-corrected chi connectivity index (χ4v) is 4.20. The Morgan fingerprint density at radius 1 is 1.21 bits per heavy atom. The lowest BCUT2D eigenvalue weighted by molar-refractivity contribution is -0.121. The van der Waals surface area contributed by atoms with E-state index in [-0.39, 0.29) is 21.7 Å². The average Bonchev–Trinajstić information content (AvgIpc) is 3.11. The van der Waals surface area contributed by atoms with Crippen molar-refractivity contribution in [2.75, 3.05) is 20.4 Å². The first-order chi connectivity index (χ1) is 13.3. The van der Waals surface area contributed by atoms with Crippen LogP contribution in [0.1, 0.15) is 5.56 Å². The van der Waals surface area contributed by atoms with Crippen LogP contribution in [0, 0.1) is 0 Å². The fourth-order valence-electron chi connectivity index (χ4n) is 2.34. The summed E-state index contributed by atoms with van der Waals surface area (Å²) in [7, 11) is -2.74. The number of halogens is 2. The van der Waals surface area contributed by atoms with Crippen LogP contribution in [-0.4, -0.2) is 45.2 Å². The SMILES string of the molecule is CN(CC(=O)N/N=C\c1ccc2c(c1)OCO2)S(=O)(=O)c1cc(Cl)ccc1Cl. The molecule has 148 valence electrons. The summed E-state index contributed by atoms with van der Waals surface area (Å²) in [5.74, 6) is 0.591. The van der Waals surface area contributed by atoms with Crippen LogP contribution in [0.4, 0.5) is 0 Å². The van der Waals surface area contributed by atoms with E-state index in [1.54, 1.807) is 18.2 Å². The van der Waals surface area contributed by atoms with Crippen molar-refractivity contribution < 1.29 is 22.7 Å². The lowest BCUT2D eigenvalue weighted by atomic mass is 10.2. The maximum atomic E-state index is 12.6. The van der Waals surface area contributed by atoms with E-state index >= 15 is 0 Å². The lowest BCUT2D eigenvalue weighted by Crippen LogP contribution is -2.36. The molecule has 0 aliphatic carbocycles. The minimum atomic E-state index is -4.00. The largest absolute Gasteiger partial charge is 0.454 e. The second kappa shape index (κ2) is 8.36. The first kappa shape index (κ1) is 20.4. The van der Waals surface area contributed by atoms with Gasteiger partial charge in [-0.1, -0.05) is 23.2 Å². The van der Waals surface area contributed by atoms with Gasteiger partial charge in [-0.05, 0) is 42.0 Å². The second-order valence-electron chi connectivity index (χ2n) is 5.74. The number of rotatable bonds is 6. The van der Waals surface area contributed by atoms with Gasteiger partial charge in [0.15, 0.2) is 11.5 Å². The number of benzene rings is 2. The molecule has 0 atom stereocenters. The highest BCUT2D eigenvalue weighted by Crippen LogP contribution is 2.32. The summed E-state index contributed by atoms with van der Waals surface area (Å²) < 4.78 is 36.5. The van der Waals surface area contributed by atoms with Gasteiger partial charge in [0.1, 0.15) is 4.90 Å². The summed E-state index contributed by atoms with van der Waals surface area (Å²) in [6.07, 6.45) is 1.40. The lowest BCUT2D eigenvalue weighted by Gasteiger charge is -2.17. The molecule has 1 aliphatic rings. The molecule has 0 saturated heterocycles. The number of amides is 1. The number of carbonyl (C=O) groups excluding carboxylic acids is 1. The molecule has 8 nitrogen and oxygen atoms in total. The first-order valence-electron chi connectivity index (χ1n) is 7.90. The Morgan fingerprint density at radius 2 is 1.96 bits per heavy atom. The Hall–Kier alpha value is -2.33. The van der Waals surface area contributed by atoms with Crippen LogP contribution in [0.15, 0.2) is 46.4 Å². The smallest absolute Gasteiger partial charge is 0.255 e. The fraction of sp³-hybridized carbons (Fsp3) is 0.176. The molecular formula is C17H15Cl2N3O5S. The van der Waals surface area contributed by atoms with Gasteiger partial charge in [0.05, 0.1) is 17.8 Å². The Kier molecular flexibility index (Phi) is 6.09. The zero-order valence-electron chi connectivity index (χ0n) is 14.6. The van der Waals surface area contributed by atoms with Crippen molar-refractivity contribution in [1.82, 2.24) is 9.73 Å². The van der Waals surface area contributed by atoms with Crippen LogP contribution in [0.2, 0.25) is 10.0 Å². The number of hydrazone groups is 1. The van der Waals surface area contributed by atoms with Crippen molar-refractivity contribution in [1.29, 1.82) is 0 Å². The molecule has 0 fully saturated rings. The van der Waals surface area contributed by atoms with Crippen molar-refractivity contribution in [3.8, 4) is 11.5 Å². The van der Waals surface area contributed by atoms with Crippen molar-refractivity contribution in [3.63, 3.8) is 0 Å². The number of ether oxygens (including phenoxy) is 2. The maximum Gasteiger partial charge on any atom is 0.255 e. The topological polar surface area (TPSA) is 97.3 Å². The molecular weight excluding hydrogens is 429 g/mol. The highest BCUT2D eigenvalue weighted by atomic mass is 35.5. The van der Waals surface area contributed by atoms with E-state index in [4.69, 9.17) is 32.7 Å². The maximum absolute atomic E-state index is 12.6. The van der Waals surface area contributed by atoms with Crippen LogP contribution in [-0.2, 0) is 14.8 Å². The molecule has 0 aromatic heterocycles. The summed E-state index contributed by atoms with van der Waals surface area (Å²) in [6, 6.07) is 9.24. The third kappa shape index (κ3) is 4.56. The summed E-state index contributed by atoms with van der Waals surface area (Å²) in [4.78, 5) is 11.8. The normalized spacial score (nSPS) is 13.3.